The highest BCUT2D eigenvalue weighted by Crippen LogP contribution is 2.26. The van der Waals surface area contributed by atoms with Crippen LogP contribution in [0.4, 0.5) is 0 Å². The normalized spacial score (nSPS) is 16.7. The molecule has 23 heavy (non-hydrogen) atoms. The third-order valence-electron chi connectivity index (χ3n) is 3.15. The van der Waals surface area contributed by atoms with Crippen LogP contribution in [0.25, 0.3) is 11.8 Å². The predicted molar refractivity (Wildman–Crippen MR) is 85.5 cm³/mol. The molecule has 0 bridgehead atoms. The standard InChI is InChI=1S/C16H13BrN2O4/c1-16(2)22-14(20)11(15(21)23-16)8-10-4-5-13(12(17)9-10)19-7-3-6-18-19/h3-9H,1-2H3. The zero-order chi connectivity index (χ0) is 16.6. The van der Waals surface area contributed by atoms with E-state index < -0.39 is 17.7 Å². The number of carbonyl (C=O) groups is 2. The highest BCUT2D eigenvalue weighted by atomic mass is 79.9. The smallest absolute Gasteiger partial charge is 0.348 e. The Balaban J connectivity index is 1.93. The molecule has 1 aromatic carbocycles. The van der Waals surface area contributed by atoms with Gasteiger partial charge in [-0.25, -0.2) is 14.3 Å². The lowest BCUT2D eigenvalue weighted by Crippen LogP contribution is -2.41. The second-order valence-corrected chi connectivity index (χ2v) is 6.25. The number of hydrogen-bond donors (Lipinski definition) is 0. The summed E-state index contributed by atoms with van der Waals surface area (Å²) in [5.41, 5.74) is 1.37. The van der Waals surface area contributed by atoms with E-state index in [2.05, 4.69) is 21.0 Å². The van der Waals surface area contributed by atoms with Crippen molar-refractivity contribution in [3.63, 3.8) is 0 Å². The fourth-order valence-electron chi connectivity index (χ4n) is 2.16. The zero-order valence-electron chi connectivity index (χ0n) is 12.4. The van der Waals surface area contributed by atoms with E-state index in [1.54, 1.807) is 23.0 Å². The summed E-state index contributed by atoms with van der Waals surface area (Å²) in [6, 6.07) is 7.20. The van der Waals surface area contributed by atoms with Gasteiger partial charge in [0.15, 0.2) is 0 Å². The first kappa shape index (κ1) is 15.5. The molecular weight excluding hydrogens is 364 g/mol. The number of rotatable bonds is 2. The SMILES string of the molecule is CC1(C)OC(=O)C(=Cc2ccc(-n3cccn3)c(Br)c2)C(=O)O1. The first-order valence-corrected chi connectivity index (χ1v) is 7.63. The maximum absolute atomic E-state index is 11.9. The predicted octanol–water partition coefficient (Wildman–Crippen LogP) is 2.85. The summed E-state index contributed by atoms with van der Waals surface area (Å²) in [5.74, 6) is -2.63. The summed E-state index contributed by atoms with van der Waals surface area (Å²) in [5, 5.41) is 4.16. The molecule has 0 spiro atoms. The van der Waals surface area contributed by atoms with Crippen LogP contribution in [0.1, 0.15) is 19.4 Å². The molecule has 2 aromatic rings. The zero-order valence-corrected chi connectivity index (χ0v) is 14.0. The van der Waals surface area contributed by atoms with Gasteiger partial charge >= 0.3 is 11.9 Å². The van der Waals surface area contributed by atoms with Crippen LogP contribution < -0.4 is 0 Å². The number of hydrogen-bond acceptors (Lipinski definition) is 5. The van der Waals surface area contributed by atoms with Crippen LogP contribution in [0.2, 0.25) is 0 Å². The van der Waals surface area contributed by atoms with E-state index in [9.17, 15) is 9.59 Å². The molecule has 0 saturated carbocycles. The second kappa shape index (κ2) is 5.66. The fourth-order valence-corrected chi connectivity index (χ4v) is 2.73. The van der Waals surface area contributed by atoms with Gasteiger partial charge in [0, 0.05) is 30.7 Å². The van der Waals surface area contributed by atoms with Gasteiger partial charge in [0.2, 0.25) is 0 Å². The highest BCUT2D eigenvalue weighted by molar-refractivity contribution is 9.10. The number of ether oxygens (including phenoxy) is 2. The van der Waals surface area contributed by atoms with Crippen LogP contribution in [-0.2, 0) is 19.1 Å². The molecule has 0 aliphatic carbocycles. The van der Waals surface area contributed by atoms with Gasteiger partial charge in [-0.05, 0) is 45.8 Å². The third kappa shape index (κ3) is 3.19. The van der Waals surface area contributed by atoms with Crippen molar-refractivity contribution in [3.8, 4) is 5.69 Å². The topological polar surface area (TPSA) is 70.4 Å². The van der Waals surface area contributed by atoms with Gasteiger partial charge in [-0.15, -0.1) is 0 Å². The molecule has 0 radical (unpaired) electrons. The molecule has 118 valence electrons. The Labute approximate surface area is 140 Å². The van der Waals surface area contributed by atoms with E-state index in [1.165, 1.54) is 19.9 Å². The van der Waals surface area contributed by atoms with Crippen molar-refractivity contribution in [3.05, 3.63) is 52.3 Å². The third-order valence-corrected chi connectivity index (χ3v) is 3.79. The van der Waals surface area contributed by atoms with Gasteiger partial charge < -0.3 is 9.47 Å². The van der Waals surface area contributed by atoms with Crippen LogP contribution in [0, 0.1) is 0 Å². The van der Waals surface area contributed by atoms with Crippen molar-refractivity contribution in [2.45, 2.75) is 19.6 Å². The number of benzene rings is 1. The molecule has 0 amide bonds. The summed E-state index contributed by atoms with van der Waals surface area (Å²) in [6.07, 6.45) is 4.94. The molecule has 0 atom stereocenters. The van der Waals surface area contributed by atoms with Crippen molar-refractivity contribution < 1.29 is 19.1 Å². The van der Waals surface area contributed by atoms with Crippen LogP contribution in [-0.4, -0.2) is 27.5 Å². The monoisotopic (exact) mass is 376 g/mol. The molecule has 1 aliphatic heterocycles. The molecule has 7 heteroatoms. The van der Waals surface area contributed by atoms with Crippen molar-refractivity contribution in [1.82, 2.24) is 9.78 Å². The minimum absolute atomic E-state index is 0.136. The molecule has 1 aromatic heterocycles. The number of carbonyl (C=O) groups excluding carboxylic acids is 2. The maximum Gasteiger partial charge on any atom is 0.348 e. The van der Waals surface area contributed by atoms with Gasteiger partial charge in [0.25, 0.3) is 5.79 Å². The quantitative estimate of drug-likeness (QED) is 0.457. The Kier molecular flexibility index (Phi) is 3.81. The molecule has 1 aliphatic rings. The van der Waals surface area contributed by atoms with Crippen molar-refractivity contribution >= 4 is 33.9 Å². The van der Waals surface area contributed by atoms with E-state index in [0.29, 0.717) is 5.56 Å². The van der Waals surface area contributed by atoms with E-state index in [-0.39, 0.29) is 5.57 Å². The van der Waals surface area contributed by atoms with E-state index in [1.807, 2.05) is 18.3 Å². The Hall–Kier alpha value is -2.41. The summed E-state index contributed by atoms with van der Waals surface area (Å²) < 4.78 is 12.6. The van der Waals surface area contributed by atoms with Crippen LogP contribution >= 0.6 is 15.9 Å². The molecule has 3 rings (SSSR count). The number of halogens is 1. The maximum atomic E-state index is 11.9. The van der Waals surface area contributed by atoms with E-state index >= 15 is 0 Å². The number of aromatic nitrogens is 2. The Morgan fingerprint density at radius 1 is 1.22 bits per heavy atom. The summed E-state index contributed by atoms with van der Waals surface area (Å²) in [6.45, 7) is 3.02. The lowest BCUT2D eigenvalue weighted by Gasteiger charge is -2.29. The second-order valence-electron chi connectivity index (χ2n) is 5.40. The average Bonchev–Trinajstić information content (AvgIpc) is 2.96. The molecule has 2 heterocycles. The van der Waals surface area contributed by atoms with Gasteiger partial charge in [0.05, 0.1) is 5.69 Å². The lowest BCUT2D eigenvalue weighted by molar-refractivity contribution is -0.222. The number of nitrogens with zero attached hydrogens (tertiary/aromatic N) is 2. The van der Waals surface area contributed by atoms with Gasteiger partial charge in [-0.2, -0.15) is 5.10 Å². The number of esters is 2. The van der Waals surface area contributed by atoms with Crippen molar-refractivity contribution in [1.29, 1.82) is 0 Å². The minimum atomic E-state index is -1.24. The molecular formula is C16H13BrN2O4. The van der Waals surface area contributed by atoms with Gasteiger partial charge in [0.1, 0.15) is 5.57 Å². The highest BCUT2D eigenvalue weighted by Gasteiger charge is 2.38. The molecule has 1 saturated heterocycles. The van der Waals surface area contributed by atoms with Crippen LogP contribution in [0.5, 0.6) is 0 Å². The van der Waals surface area contributed by atoms with E-state index in [4.69, 9.17) is 9.47 Å². The Morgan fingerprint density at radius 3 is 2.48 bits per heavy atom. The first-order chi connectivity index (χ1) is 10.9. The van der Waals surface area contributed by atoms with Crippen molar-refractivity contribution in [2.75, 3.05) is 0 Å². The molecule has 1 fully saturated rings. The lowest BCUT2D eigenvalue weighted by atomic mass is 10.1. The molecule has 0 N–H and O–H groups in total. The first-order valence-electron chi connectivity index (χ1n) is 6.84. The van der Waals surface area contributed by atoms with Gasteiger partial charge in [-0.3, -0.25) is 0 Å². The Morgan fingerprint density at radius 2 is 1.91 bits per heavy atom. The summed E-state index contributed by atoms with van der Waals surface area (Å²) in [4.78, 5) is 23.9. The van der Waals surface area contributed by atoms with Crippen molar-refractivity contribution in [2.24, 2.45) is 0 Å². The minimum Gasteiger partial charge on any atom is -0.419 e. The largest absolute Gasteiger partial charge is 0.419 e. The summed E-state index contributed by atoms with van der Waals surface area (Å²) in [7, 11) is 0. The van der Waals surface area contributed by atoms with Gasteiger partial charge in [-0.1, -0.05) is 6.07 Å². The van der Waals surface area contributed by atoms with Crippen LogP contribution in [0.15, 0.2) is 46.7 Å². The molecule has 0 unspecified atom stereocenters. The fraction of sp³-hybridized carbons (Fsp3) is 0.188. The number of cyclic esters (lactones) is 2. The van der Waals surface area contributed by atoms with E-state index in [0.717, 1.165) is 10.2 Å². The Bertz CT molecular complexity index is 787. The summed E-state index contributed by atoms with van der Waals surface area (Å²) >= 11 is 3.46. The molecule has 6 nitrogen and oxygen atoms in total. The van der Waals surface area contributed by atoms with Crippen LogP contribution in [0.3, 0.4) is 0 Å². The average molecular weight is 377 g/mol.